The largest absolute Gasteiger partial charge is 0.480 e. The number of nitrogens with one attached hydrogen (secondary N) is 1. The molecule has 1 amide bonds. The Morgan fingerprint density at radius 2 is 1.58 bits per heavy atom. The van der Waals surface area contributed by atoms with Gasteiger partial charge in [-0.1, -0.05) is 42.5 Å². The predicted molar refractivity (Wildman–Crippen MR) is 131 cm³/mol. The van der Waals surface area contributed by atoms with Gasteiger partial charge in [0.1, 0.15) is 12.6 Å². The van der Waals surface area contributed by atoms with Gasteiger partial charge in [-0.2, -0.15) is 0 Å². The summed E-state index contributed by atoms with van der Waals surface area (Å²) in [5.41, 5.74) is 7.34. The van der Waals surface area contributed by atoms with Crippen LogP contribution in [0.2, 0.25) is 0 Å². The highest BCUT2D eigenvalue weighted by molar-refractivity contribution is 6.18. The quantitative estimate of drug-likeness (QED) is 0.330. The maximum absolute atomic E-state index is 12.0. The van der Waals surface area contributed by atoms with Gasteiger partial charge < -0.3 is 30.9 Å². The number of anilines is 1. The summed E-state index contributed by atoms with van der Waals surface area (Å²) < 4.78 is 5.11. The Labute approximate surface area is 204 Å². The number of carboxylic acid groups (broad SMARTS) is 1. The predicted octanol–water partition coefficient (Wildman–Crippen LogP) is 2.83. The molecule has 10 heteroatoms. The smallest absolute Gasteiger partial charge is 0.408 e. The summed E-state index contributed by atoms with van der Waals surface area (Å²) in [6.07, 6.45) is -0.630. The zero-order valence-corrected chi connectivity index (χ0v) is 19.8. The van der Waals surface area contributed by atoms with Crippen molar-refractivity contribution in [3.63, 3.8) is 0 Å². The van der Waals surface area contributed by atoms with Crippen molar-refractivity contribution in [3.05, 3.63) is 65.7 Å². The number of aliphatic hydroxyl groups is 1. The topological polar surface area (TPSA) is 125 Å². The van der Waals surface area contributed by atoms with Crippen molar-refractivity contribution in [1.82, 2.24) is 5.32 Å². The van der Waals surface area contributed by atoms with E-state index in [1.54, 1.807) is 0 Å². The highest BCUT2D eigenvalue weighted by Gasteiger charge is 2.21. The van der Waals surface area contributed by atoms with Crippen LogP contribution in [0.1, 0.15) is 11.1 Å². The number of benzene rings is 2. The number of hydrogen-bond donors (Lipinski definition) is 4. The number of hydrogen-bond acceptors (Lipinski definition) is 6. The SMILES string of the molecule is NCCO.O=C(NC(Cc1ccc(N(CCCl)CCCl)cc1)C(=O)O)OCc1ccccc1. The lowest BCUT2D eigenvalue weighted by atomic mass is 10.1. The molecule has 0 spiro atoms. The van der Waals surface area contributed by atoms with Crippen LogP contribution in [-0.2, 0) is 22.6 Å². The van der Waals surface area contributed by atoms with Crippen LogP contribution in [0.15, 0.2) is 54.6 Å². The normalized spacial score (nSPS) is 11.0. The third kappa shape index (κ3) is 11.8. The number of carboxylic acids is 1. The van der Waals surface area contributed by atoms with Crippen LogP contribution in [0.5, 0.6) is 0 Å². The molecule has 2 rings (SSSR count). The molecule has 8 nitrogen and oxygen atoms in total. The Hall–Kier alpha value is -2.52. The van der Waals surface area contributed by atoms with Crippen LogP contribution >= 0.6 is 23.2 Å². The van der Waals surface area contributed by atoms with Crippen molar-refractivity contribution in [1.29, 1.82) is 0 Å². The van der Waals surface area contributed by atoms with Crippen molar-refractivity contribution in [2.24, 2.45) is 5.73 Å². The van der Waals surface area contributed by atoms with E-state index >= 15 is 0 Å². The van der Waals surface area contributed by atoms with Gasteiger partial charge in [0.05, 0.1) is 6.61 Å². The van der Waals surface area contributed by atoms with E-state index in [9.17, 15) is 14.7 Å². The summed E-state index contributed by atoms with van der Waals surface area (Å²) in [5.74, 6) is -0.166. The fraction of sp³-hybridized carbons (Fsp3) is 0.391. The third-order valence-electron chi connectivity index (χ3n) is 4.38. The molecule has 0 radical (unpaired) electrons. The van der Waals surface area contributed by atoms with E-state index in [0.29, 0.717) is 31.4 Å². The molecular formula is C23H31Cl2N3O5. The van der Waals surface area contributed by atoms with Gasteiger partial charge in [0.15, 0.2) is 0 Å². The fourth-order valence-corrected chi connectivity index (χ4v) is 3.17. The molecule has 0 aliphatic rings. The highest BCUT2D eigenvalue weighted by atomic mass is 35.5. The minimum Gasteiger partial charge on any atom is -0.480 e. The molecule has 0 aliphatic carbocycles. The second-order valence-electron chi connectivity index (χ2n) is 6.84. The summed E-state index contributed by atoms with van der Waals surface area (Å²) >= 11 is 11.7. The number of nitrogens with two attached hydrogens (primary N) is 1. The molecule has 0 aliphatic heterocycles. The summed E-state index contributed by atoms with van der Waals surface area (Å²) in [6.45, 7) is 1.88. The number of rotatable bonds is 12. The summed E-state index contributed by atoms with van der Waals surface area (Å²) in [4.78, 5) is 25.6. The molecule has 2 aromatic carbocycles. The summed E-state index contributed by atoms with van der Waals surface area (Å²) in [5, 5.41) is 19.6. The number of ether oxygens (including phenoxy) is 1. The molecule has 0 bridgehead atoms. The van der Waals surface area contributed by atoms with Gasteiger partial charge in [0.2, 0.25) is 0 Å². The number of alkyl halides is 2. The third-order valence-corrected chi connectivity index (χ3v) is 4.72. The van der Waals surface area contributed by atoms with Crippen molar-refractivity contribution in [2.75, 3.05) is 42.9 Å². The van der Waals surface area contributed by atoms with Crippen LogP contribution < -0.4 is 16.0 Å². The first-order valence-electron chi connectivity index (χ1n) is 10.4. The molecule has 1 unspecified atom stereocenters. The van der Waals surface area contributed by atoms with Crippen LogP contribution in [0.25, 0.3) is 0 Å². The van der Waals surface area contributed by atoms with Gasteiger partial charge in [-0.05, 0) is 23.3 Å². The van der Waals surface area contributed by atoms with E-state index in [1.165, 1.54) is 0 Å². The van der Waals surface area contributed by atoms with Crippen molar-refractivity contribution in [2.45, 2.75) is 19.1 Å². The number of halogens is 2. The van der Waals surface area contributed by atoms with Gasteiger partial charge in [-0.3, -0.25) is 0 Å². The first kappa shape index (κ1) is 28.5. The lowest BCUT2D eigenvalue weighted by Crippen LogP contribution is -2.42. The first-order valence-corrected chi connectivity index (χ1v) is 11.5. The van der Waals surface area contributed by atoms with Crippen molar-refractivity contribution < 1.29 is 24.5 Å². The van der Waals surface area contributed by atoms with Crippen molar-refractivity contribution in [3.8, 4) is 0 Å². The maximum atomic E-state index is 12.0. The number of aliphatic carboxylic acids is 1. The molecule has 0 saturated carbocycles. The monoisotopic (exact) mass is 499 g/mol. The number of aliphatic hydroxyl groups excluding tert-OH is 1. The van der Waals surface area contributed by atoms with Gasteiger partial charge in [0.25, 0.3) is 0 Å². The summed E-state index contributed by atoms with van der Waals surface area (Å²) in [6, 6.07) is 15.5. The molecule has 1 atom stereocenters. The standard InChI is InChI=1S/C21H24Cl2N2O4.C2H7NO/c22-10-12-25(13-11-23)18-8-6-16(7-9-18)14-19(20(26)27)24-21(28)29-15-17-4-2-1-3-5-17;3-1-2-4/h1-9,19H,10-15H2,(H,24,28)(H,26,27);4H,1-3H2. The Bertz CT molecular complexity index is 802. The first-order chi connectivity index (χ1) is 15.9. The molecule has 182 valence electrons. The molecule has 0 saturated heterocycles. The number of carbonyl (C=O) groups excluding carboxylic acids is 1. The van der Waals surface area contributed by atoms with E-state index in [0.717, 1.165) is 16.8 Å². The van der Waals surface area contributed by atoms with Crippen LogP contribution in [0, 0.1) is 0 Å². The fourth-order valence-electron chi connectivity index (χ4n) is 2.76. The molecular weight excluding hydrogens is 469 g/mol. The molecule has 0 fully saturated rings. The Morgan fingerprint density at radius 3 is 2.06 bits per heavy atom. The van der Waals surface area contributed by atoms with E-state index in [2.05, 4.69) is 10.2 Å². The summed E-state index contributed by atoms with van der Waals surface area (Å²) in [7, 11) is 0. The van der Waals surface area contributed by atoms with Crippen LogP contribution in [0.4, 0.5) is 10.5 Å². The molecule has 2 aromatic rings. The van der Waals surface area contributed by atoms with Crippen molar-refractivity contribution >= 4 is 41.0 Å². The van der Waals surface area contributed by atoms with Gasteiger partial charge >= 0.3 is 12.1 Å². The lowest BCUT2D eigenvalue weighted by Gasteiger charge is -2.23. The maximum Gasteiger partial charge on any atom is 0.408 e. The average Bonchev–Trinajstić information content (AvgIpc) is 2.83. The van der Waals surface area contributed by atoms with Crippen LogP contribution in [0.3, 0.4) is 0 Å². The molecule has 0 heterocycles. The molecule has 5 N–H and O–H groups in total. The van der Waals surface area contributed by atoms with Crippen LogP contribution in [-0.4, -0.2) is 66.3 Å². The minimum atomic E-state index is -1.13. The number of alkyl carbamates (subject to hydrolysis) is 1. The second kappa shape index (κ2) is 17.0. The van der Waals surface area contributed by atoms with E-state index in [1.807, 2.05) is 54.6 Å². The van der Waals surface area contributed by atoms with E-state index in [4.69, 9.17) is 38.8 Å². The zero-order valence-electron chi connectivity index (χ0n) is 18.3. The molecule has 0 aromatic heterocycles. The Morgan fingerprint density at radius 1 is 1.00 bits per heavy atom. The minimum absolute atomic E-state index is 0.0741. The molecule has 33 heavy (non-hydrogen) atoms. The second-order valence-corrected chi connectivity index (χ2v) is 7.60. The Kier molecular flexibility index (Phi) is 14.7. The lowest BCUT2D eigenvalue weighted by molar-refractivity contribution is -0.139. The average molecular weight is 500 g/mol. The highest BCUT2D eigenvalue weighted by Crippen LogP contribution is 2.17. The zero-order chi connectivity index (χ0) is 24.5. The van der Waals surface area contributed by atoms with E-state index < -0.39 is 18.1 Å². The Balaban J connectivity index is 0.00000125. The number of amides is 1. The van der Waals surface area contributed by atoms with Gasteiger partial charge in [-0.15, -0.1) is 23.2 Å². The number of carbonyl (C=O) groups is 2. The van der Waals surface area contributed by atoms with Gasteiger partial charge in [0, 0.05) is 43.5 Å². The van der Waals surface area contributed by atoms with Gasteiger partial charge in [-0.25, -0.2) is 9.59 Å². The van der Waals surface area contributed by atoms with E-state index in [-0.39, 0.29) is 19.6 Å². The number of nitrogens with zero attached hydrogens (tertiary/aromatic N) is 1.